The minimum absolute atomic E-state index is 0.0153. The molecule has 0 fully saturated rings. The van der Waals surface area contributed by atoms with Gasteiger partial charge in [-0.3, -0.25) is 4.31 Å². The maximum absolute atomic E-state index is 13.4. The molecule has 1 N–H and O–H groups in total. The Labute approximate surface area is 190 Å². The quantitative estimate of drug-likeness (QED) is 0.590. The summed E-state index contributed by atoms with van der Waals surface area (Å²) in [6, 6.07) is 9.28. The van der Waals surface area contributed by atoms with Gasteiger partial charge < -0.3 is 14.7 Å². The molecule has 0 aliphatic rings. The van der Waals surface area contributed by atoms with E-state index >= 15 is 0 Å². The highest BCUT2D eigenvalue weighted by Gasteiger charge is 2.32. The summed E-state index contributed by atoms with van der Waals surface area (Å²) in [4.78, 5) is 13.2. The fraction of sp³-hybridized carbons (Fsp3) is 0.316. The average molecular weight is 496 g/mol. The topological polar surface area (TPSA) is 87.2 Å². The predicted molar refractivity (Wildman–Crippen MR) is 118 cm³/mol. The van der Waals surface area contributed by atoms with Crippen LogP contribution in [-0.2, 0) is 14.8 Å². The fourth-order valence-electron chi connectivity index (χ4n) is 2.59. The lowest BCUT2D eigenvalue weighted by atomic mass is 10.2. The van der Waals surface area contributed by atoms with Crippen LogP contribution in [0.4, 0.5) is 10.5 Å². The second-order valence-corrected chi connectivity index (χ2v) is 9.52. The van der Waals surface area contributed by atoms with Gasteiger partial charge in [0, 0.05) is 23.6 Å². The van der Waals surface area contributed by atoms with E-state index in [0.29, 0.717) is 5.02 Å². The molecule has 0 saturated heterocycles. The van der Waals surface area contributed by atoms with E-state index in [1.165, 1.54) is 54.4 Å². The van der Waals surface area contributed by atoms with Crippen LogP contribution in [0.1, 0.15) is 6.92 Å². The first-order valence-corrected chi connectivity index (χ1v) is 11.4. The number of nitrogens with zero attached hydrogens (tertiary/aromatic N) is 2. The number of hydrogen-bond acceptors (Lipinski definition) is 5. The largest absolute Gasteiger partial charge is 0.447 e. The van der Waals surface area contributed by atoms with Crippen molar-refractivity contribution in [3.05, 3.63) is 57.5 Å². The lowest BCUT2D eigenvalue weighted by molar-refractivity contribution is 0.100. The molecule has 0 unspecified atom stereocenters. The number of likely N-dealkylation sites (N-methyl/N-ethyl adjacent to an activating group) is 1. The maximum atomic E-state index is 13.4. The zero-order valence-corrected chi connectivity index (χ0v) is 19.3. The molecule has 0 bridgehead atoms. The second kappa shape index (κ2) is 10.5. The van der Waals surface area contributed by atoms with Crippen molar-refractivity contribution in [2.75, 3.05) is 31.1 Å². The number of ether oxygens (including phenoxy) is 1. The van der Waals surface area contributed by atoms with Crippen molar-refractivity contribution in [1.82, 2.24) is 4.90 Å². The lowest BCUT2D eigenvalue weighted by Crippen LogP contribution is -2.43. The first-order chi connectivity index (χ1) is 14.1. The summed E-state index contributed by atoms with van der Waals surface area (Å²) in [7, 11) is -2.64. The van der Waals surface area contributed by atoms with Crippen molar-refractivity contribution in [1.29, 1.82) is 0 Å². The molecule has 1 atom stereocenters. The zero-order chi connectivity index (χ0) is 22.5. The summed E-state index contributed by atoms with van der Waals surface area (Å²) in [6.45, 7) is 1.17. The molecule has 0 spiro atoms. The molecular formula is C19H21Cl3N2O5S. The van der Waals surface area contributed by atoms with E-state index in [1.54, 1.807) is 6.92 Å². The molecule has 2 aromatic rings. The summed E-state index contributed by atoms with van der Waals surface area (Å²) in [5.41, 5.74) is 0.145. The van der Waals surface area contributed by atoms with Gasteiger partial charge >= 0.3 is 6.09 Å². The molecule has 0 heterocycles. The van der Waals surface area contributed by atoms with Gasteiger partial charge in [0.2, 0.25) is 0 Å². The number of aliphatic hydroxyl groups excluding tert-OH is 1. The van der Waals surface area contributed by atoms with E-state index in [0.717, 1.165) is 4.31 Å². The molecular weight excluding hydrogens is 475 g/mol. The number of anilines is 1. The minimum atomic E-state index is -4.10. The van der Waals surface area contributed by atoms with Crippen LogP contribution in [0, 0.1) is 0 Å². The normalized spacial score (nSPS) is 12.3. The molecule has 7 nitrogen and oxygen atoms in total. The highest BCUT2D eigenvalue weighted by Crippen LogP contribution is 2.35. The molecule has 2 aromatic carbocycles. The van der Waals surface area contributed by atoms with Crippen LogP contribution in [0.15, 0.2) is 47.4 Å². The van der Waals surface area contributed by atoms with Crippen molar-refractivity contribution >= 4 is 56.6 Å². The van der Waals surface area contributed by atoms with Gasteiger partial charge in [-0.1, -0.05) is 34.8 Å². The Morgan fingerprint density at radius 2 is 1.70 bits per heavy atom. The van der Waals surface area contributed by atoms with E-state index in [-0.39, 0.29) is 40.4 Å². The van der Waals surface area contributed by atoms with Gasteiger partial charge in [0.1, 0.15) is 6.61 Å². The van der Waals surface area contributed by atoms with E-state index in [2.05, 4.69) is 0 Å². The first-order valence-electron chi connectivity index (χ1n) is 8.81. The number of sulfonamides is 1. The van der Waals surface area contributed by atoms with Gasteiger partial charge in [0.25, 0.3) is 10.0 Å². The van der Waals surface area contributed by atoms with Crippen LogP contribution >= 0.6 is 34.8 Å². The standard InChI is InChI=1S/C19H21Cl3N2O5S/c1-13(12-29-19(26)23(2)9-10-25)24(18-11-15(21)5-8-17(18)22)30(27,28)16-6-3-14(20)4-7-16/h3-8,11,13,25H,9-10,12H2,1-2H3/t13-/m1/s1. The highest BCUT2D eigenvalue weighted by atomic mass is 35.5. The third kappa shape index (κ3) is 5.92. The van der Waals surface area contributed by atoms with Crippen molar-refractivity contribution in [3.8, 4) is 0 Å². The third-order valence-electron chi connectivity index (χ3n) is 4.11. The van der Waals surface area contributed by atoms with Crippen molar-refractivity contribution in [2.45, 2.75) is 17.9 Å². The van der Waals surface area contributed by atoms with E-state index in [9.17, 15) is 13.2 Å². The van der Waals surface area contributed by atoms with Crippen molar-refractivity contribution < 1.29 is 23.1 Å². The average Bonchev–Trinajstić information content (AvgIpc) is 2.69. The van der Waals surface area contributed by atoms with Crippen LogP contribution in [0.3, 0.4) is 0 Å². The van der Waals surface area contributed by atoms with Gasteiger partial charge in [-0.2, -0.15) is 0 Å². The smallest absolute Gasteiger partial charge is 0.409 e. The summed E-state index contributed by atoms with van der Waals surface area (Å²) >= 11 is 18.2. The number of carbonyl (C=O) groups is 1. The van der Waals surface area contributed by atoms with Crippen LogP contribution in [0.2, 0.25) is 15.1 Å². The number of hydrogen-bond donors (Lipinski definition) is 1. The molecule has 0 aliphatic heterocycles. The van der Waals surface area contributed by atoms with Crippen LogP contribution in [0.25, 0.3) is 0 Å². The number of carbonyl (C=O) groups excluding carboxylic acids is 1. The second-order valence-electron chi connectivity index (χ2n) is 6.42. The lowest BCUT2D eigenvalue weighted by Gasteiger charge is -2.31. The van der Waals surface area contributed by atoms with Crippen LogP contribution in [-0.4, -0.2) is 57.4 Å². The summed E-state index contributed by atoms with van der Waals surface area (Å²) in [5.74, 6) is 0. The molecule has 11 heteroatoms. The van der Waals surface area contributed by atoms with E-state index in [1.807, 2.05) is 0 Å². The highest BCUT2D eigenvalue weighted by molar-refractivity contribution is 7.92. The molecule has 0 aromatic heterocycles. The summed E-state index contributed by atoms with van der Waals surface area (Å²) in [6.07, 6.45) is -0.697. The number of rotatable bonds is 8. The SMILES string of the molecule is C[C@H](COC(=O)N(C)CCO)N(c1cc(Cl)ccc1Cl)S(=O)(=O)c1ccc(Cl)cc1. The summed E-state index contributed by atoms with van der Waals surface area (Å²) in [5, 5.41) is 9.77. The van der Waals surface area contributed by atoms with E-state index < -0.39 is 22.2 Å². The van der Waals surface area contributed by atoms with Crippen LogP contribution < -0.4 is 4.31 Å². The molecule has 0 aliphatic carbocycles. The van der Waals surface area contributed by atoms with Crippen molar-refractivity contribution in [3.63, 3.8) is 0 Å². The molecule has 0 saturated carbocycles. The van der Waals surface area contributed by atoms with E-state index in [4.69, 9.17) is 44.6 Å². The Morgan fingerprint density at radius 3 is 2.30 bits per heavy atom. The molecule has 0 radical (unpaired) electrons. The van der Waals surface area contributed by atoms with Gasteiger partial charge in [0.15, 0.2) is 0 Å². The van der Waals surface area contributed by atoms with Gasteiger partial charge in [-0.05, 0) is 49.4 Å². The Kier molecular flexibility index (Phi) is 8.63. The van der Waals surface area contributed by atoms with Gasteiger partial charge in [0.05, 0.1) is 28.3 Å². The predicted octanol–water partition coefficient (Wildman–Crippen LogP) is 4.29. The Balaban J connectivity index is 2.42. The number of amides is 1. The molecule has 2 rings (SSSR count). The monoisotopic (exact) mass is 494 g/mol. The number of halogens is 3. The Bertz CT molecular complexity index is 986. The Morgan fingerprint density at radius 1 is 1.10 bits per heavy atom. The van der Waals surface area contributed by atoms with Crippen LogP contribution in [0.5, 0.6) is 0 Å². The maximum Gasteiger partial charge on any atom is 0.409 e. The number of benzene rings is 2. The van der Waals surface area contributed by atoms with Crippen molar-refractivity contribution in [2.24, 2.45) is 0 Å². The fourth-order valence-corrected chi connectivity index (χ4v) is 4.79. The third-order valence-corrected chi connectivity index (χ3v) is 6.86. The number of aliphatic hydroxyl groups is 1. The molecule has 1 amide bonds. The summed E-state index contributed by atoms with van der Waals surface area (Å²) < 4.78 is 33.1. The van der Waals surface area contributed by atoms with Gasteiger partial charge in [-0.25, -0.2) is 13.2 Å². The first kappa shape index (κ1) is 24.6. The molecule has 164 valence electrons. The van der Waals surface area contributed by atoms with Gasteiger partial charge in [-0.15, -0.1) is 0 Å². The minimum Gasteiger partial charge on any atom is -0.447 e. The zero-order valence-electron chi connectivity index (χ0n) is 16.3. The molecule has 30 heavy (non-hydrogen) atoms. The Hall–Kier alpha value is -1.71.